The van der Waals surface area contributed by atoms with Crippen LogP contribution in [-0.4, -0.2) is 18.0 Å². The standard InChI is InChI=1S/C27H31N/c1-21-13-5-8-16-24(21)27(28-19-11-4-12-20-28,25-17-9-6-14-22(25)2)26-18-10-7-15-23(26)3/h5-10,13-18H,4,11-12,19-20H2,1-3H3. The highest BCUT2D eigenvalue weighted by molar-refractivity contribution is 5.56. The van der Waals surface area contributed by atoms with Crippen LogP contribution in [0.3, 0.4) is 0 Å². The van der Waals surface area contributed by atoms with E-state index in [-0.39, 0.29) is 5.54 Å². The molecule has 1 fully saturated rings. The zero-order valence-corrected chi connectivity index (χ0v) is 17.4. The molecule has 0 amide bonds. The summed E-state index contributed by atoms with van der Waals surface area (Å²) in [5.41, 5.74) is 8.09. The van der Waals surface area contributed by atoms with E-state index in [0.29, 0.717) is 0 Å². The highest BCUT2D eigenvalue weighted by atomic mass is 15.2. The zero-order valence-electron chi connectivity index (χ0n) is 17.4. The molecule has 144 valence electrons. The molecule has 3 aromatic carbocycles. The van der Waals surface area contributed by atoms with Gasteiger partial charge in [-0.15, -0.1) is 0 Å². The van der Waals surface area contributed by atoms with E-state index in [1.807, 2.05) is 0 Å². The van der Waals surface area contributed by atoms with Crippen molar-refractivity contribution in [2.45, 2.75) is 45.6 Å². The fraction of sp³-hybridized carbons (Fsp3) is 0.333. The average molecular weight is 370 g/mol. The maximum Gasteiger partial charge on any atom is 0.0980 e. The smallest absolute Gasteiger partial charge is 0.0980 e. The number of hydrogen-bond acceptors (Lipinski definition) is 1. The molecule has 0 N–H and O–H groups in total. The van der Waals surface area contributed by atoms with Crippen LogP contribution < -0.4 is 0 Å². The second-order valence-electron chi connectivity index (χ2n) is 8.20. The van der Waals surface area contributed by atoms with Gasteiger partial charge in [0.25, 0.3) is 0 Å². The molecule has 0 aliphatic carbocycles. The summed E-state index contributed by atoms with van der Waals surface area (Å²) in [5, 5.41) is 0. The number of likely N-dealkylation sites (tertiary alicyclic amines) is 1. The van der Waals surface area contributed by atoms with Crippen LogP contribution in [0.2, 0.25) is 0 Å². The van der Waals surface area contributed by atoms with Crippen LogP contribution in [0.5, 0.6) is 0 Å². The highest BCUT2D eigenvalue weighted by Crippen LogP contribution is 2.46. The molecule has 4 rings (SSSR count). The molecular formula is C27H31N. The van der Waals surface area contributed by atoms with Gasteiger partial charge in [0.05, 0.1) is 5.54 Å². The number of nitrogens with zero attached hydrogens (tertiary/aromatic N) is 1. The minimum absolute atomic E-state index is 0.248. The third-order valence-corrected chi connectivity index (χ3v) is 6.43. The molecular weight excluding hydrogens is 338 g/mol. The van der Waals surface area contributed by atoms with Crippen molar-refractivity contribution in [2.24, 2.45) is 0 Å². The lowest BCUT2D eigenvalue weighted by Gasteiger charge is -2.49. The van der Waals surface area contributed by atoms with Gasteiger partial charge >= 0.3 is 0 Å². The first-order valence-electron chi connectivity index (χ1n) is 10.6. The van der Waals surface area contributed by atoms with Gasteiger partial charge in [-0.05, 0) is 80.1 Å². The normalized spacial score (nSPS) is 15.5. The predicted octanol–water partition coefficient (Wildman–Crippen LogP) is 6.39. The van der Waals surface area contributed by atoms with E-state index in [4.69, 9.17) is 0 Å². The minimum Gasteiger partial charge on any atom is -0.286 e. The molecule has 3 aromatic rings. The third kappa shape index (κ3) is 3.08. The van der Waals surface area contributed by atoms with Crippen LogP contribution >= 0.6 is 0 Å². The van der Waals surface area contributed by atoms with Crippen LogP contribution in [0.1, 0.15) is 52.6 Å². The van der Waals surface area contributed by atoms with Gasteiger partial charge in [0.2, 0.25) is 0 Å². The van der Waals surface area contributed by atoms with Crippen LogP contribution in [0.4, 0.5) is 0 Å². The summed E-state index contributed by atoms with van der Waals surface area (Å²) in [7, 11) is 0. The first kappa shape index (κ1) is 19.0. The molecule has 0 spiro atoms. The lowest BCUT2D eigenvalue weighted by Crippen LogP contribution is -2.51. The molecule has 1 aliphatic rings. The third-order valence-electron chi connectivity index (χ3n) is 6.43. The first-order valence-corrected chi connectivity index (χ1v) is 10.6. The Balaban J connectivity index is 2.13. The number of rotatable bonds is 4. The molecule has 0 bridgehead atoms. The van der Waals surface area contributed by atoms with Gasteiger partial charge in [-0.3, -0.25) is 4.90 Å². The Labute approximate surface area is 170 Å². The number of piperidine rings is 1. The van der Waals surface area contributed by atoms with Crippen molar-refractivity contribution in [3.63, 3.8) is 0 Å². The molecule has 0 radical (unpaired) electrons. The van der Waals surface area contributed by atoms with Crippen LogP contribution in [0.25, 0.3) is 0 Å². The van der Waals surface area contributed by atoms with Crippen molar-refractivity contribution in [1.82, 2.24) is 4.90 Å². The van der Waals surface area contributed by atoms with Gasteiger partial charge in [0.15, 0.2) is 0 Å². The van der Waals surface area contributed by atoms with Crippen molar-refractivity contribution in [3.8, 4) is 0 Å². The Morgan fingerprint density at radius 3 is 1.25 bits per heavy atom. The van der Waals surface area contributed by atoms with Crippen molar-refractivity contribution in [3.05, 3.63) is 106 Å². The van der Waals surface area contributed by atoms with E-state index in [1.54, 1.807) is 0 Å². The van der Waals surface area contributed by atoms with Crippen LogP contribution in [0, 0.1) is 20.8 Å². The van der Waals surface area contributed by atoms with Gasteiger partial charge < -0.3 is 0 Å². The van der Waals surface area contributed by atoms with Gasteiger partial charge in [-0.1, -0.05) is 79.2 Å². The fourth-order valence-corrected chi connectivity index (χ4v) is 5.11. The Kier molecular flexibility index (Phi) is 5.37. The lowest BCUT2D eigenvalue weighted by molar-refractivity contribution is 0.126. The van der Waals surface area contributed by atoms with Gasteiger partial charge in [-0.2, -0.15) is 0 Å². The maximum absolute atomic E-state index is 2.75. The monoisotopic (exact) mass is 369 g/mol. The van der Waals surface area contributed by atoms with E-state index in [1.165, 1.54) is 52.6 Å². The summed E-state index contributed by atoms with van der Waals surface area (Å²) < 4.78 is 0. The van der Waals surface area contributed by atoms with Crippen molar-refractivity contribution in [2.75, 3.05) is 13.1 Å². The molecule has 28 heavy (non-hydrogen) atoms. The van der Waals surface area contributed by atoms with Crippen LogP contribution in [-0.2, 0) is 5.54 Å². The summed E-state index contributed by atoms with van der Waals surface area (Å²) in [5.74, 6) is 0. The average Bonchev–Trinajstić information content (AvgIpc) is 2.73. The molecule has 1 heterocycles. The zero-order chi connectivity index (χ0) is 19.6. The largest absolute Gasteiger partial charge is 0.286 e. The topological polar surface area (TPSA) is 3.24 Å². The molecule has 0 saturated carbocycles. The van der Waals surface area contributed by atoms with E-state index in [0.717, 1.165) is 13.1 Å². The van der Waals surface area contributed by atoms with Crippen molar-refractivity contribution >= 4 is 0 Å². The molecule has 1 aliphatic heterocycles. The maximum atomic E-state index is 2.75. The summed E-state index contributed by atoms with van der Waals surface area (Å²) in [4.78, 5) is 2.75. The summed E-state index contributed by atoms with van der Waals surface area (Å²) in [6.45, 7) is 9.08. The Bertz CT molecular complexity index is 839. The molecule has 1 saturated heterocycles. The molecule has 1 nitrogen and oxygen atoms in total. The highest BCUT2D eigenvalue weighted by Gasteiger charge is 2.44. The SMILES string of the molecule is Cc1ccccc1C(c1ccccc1C)(c1ccccc1C)N1CCCCC1. The van der Waals surface area contributed by atoms with Crippen molar-refractivity contribution < 1.29 is 0 Å². The molecule has 0 unspecified atom stereocenters. The number of aryl methyl sites for hydroxylation is 3. The first-order chi connectivity index (χ1) is 13.7. The van der Waals surface area contributed by atoms with Gasteiger partial charge in [-0.25, -0.2) is 0 Å². The number of hydrogen-bond donors (Lipinski definition) is 0. The molecule has 0 aromatic heterocycles. The second kappa shape index (κ2) is 7.93. The van der Waals surface area contributed by atoms with E-state index in [2.05, 4.69) is 98.5 Å². The van der Waals surface area contributed by atoms with E-state index in [9.17, 15) is 0 Å². The molecule has 1 heteroatoms. The van der Waals surface area contributed by atoms with Gasteiger partial charge in [0.1, 0.15) is 0 Å². The Morgan fingerprint density at radius 2 is 0.893 bits per heavy atom. The molecule has 0 atom stereocenters. The number of benzene rings is 3. The van der Waals surface area contributed by atoms with E-state index >= 15 is 0 Å². The van der Waals surface area contributed by atoms with Gasteiger partial charge in [0, 0.05) is 0 Å². The fourth-order valence-electron chi connectivity index (χ4n) is 5.11. The predicted molar refractivity (Wildman–Crippen MR) is 119 cm³/mol. The lowest BCUT2D eigenvalue weighted by atomic mass is 9.70. The second-order valence-corrected chi connectivity index (χ2v) is 8.20. The van der Waals surface area contributed by atoms with Crippen molar-refractivity contribution in [1.29, 1.82) is 0 Å². The summed E-state index contributed by atoms with van der Waals surface area (Å²) in [6.07, 6.45) is 3.87. The van der Waals surface area contributed by atoms with Crippen LogP contribution in [0.15, 0.2) is 72.8 Å². The quantitative estimate of drug-likeness (QED) is 0.482. The minimum atomic E-state index is -0.248. The Morgan fingerprint density at radius 1 is 0.536 bits per heavy atom. The Hall–Kier alpha value is -2.38. The summed E-state index contributed by atoms with van der Waals surface area (Å²) >= 11 is 0. The van der Waals surface area contributed by atoms with E-state index < -0.39 is 0 Å². The summed E-state index contributed by atoms with van der Waals surface area (Å²) in [6, 6.07) is 27.0.